The van der Waals surface area contributed by atoms with Crippen LogP contribution in [0.3, 0.4) is 0 Å². The van der Waals surface area contributed by atoms with Crippen LogP contribution in [0.2, 0.25) is 0 Å². The van der Waals surface area contributed by atoms with Gasteiger partial charge in [0, 0.05) is 38.2 Å². The summed E-state index contributed by atoms with van der Waals surface area (Å²) in [5.74, 6) is 0.899. The van der Waals surface area contributed by atoms with Crippen molar-refractivity contribution in [3.8, 4) is 104 Å². The molecule has 0 fully saturated rings. The zero-order valence-corrected chi connectivity index (χ0v) is 38.8. The first-order valence-electron chi connectivity index (χ1n) is 23.3. The van der Waals surface area contributed by atoms with Gasteiger partial charge in [0.05, 0.1) is 103 Å². The minimum Gasteiger partial charge on any atom is -0.308 e. The van der Waals surface area contributed by atoms with Gasteiger partial charge in [-0.15, -0.1) is 0 Å². The molecular weight excluding hydrogens is 911 g/mol. The minimum atomic E-state index is 0.270. The Labute approximate surface area is 423 Å². The summed E-state index contributed by atoms with van der Waals surface area (Å²) in [6.07, 6.45) is 0. The van der Waals surface area contributed by atoms with Gasteiger partial charge in [0.25, 0.3) is 0 Å². The molecule has 338 valence electrons. The van der Waals surface area contributed by atoms with Crippen molar-refractivity contribution < 1.29 is 0 Å². The van der Waals surface area contributed by atoms with Crippen molar-refractivity contribution in [2.24, 2.45) is 0 Å². The van der Waals surface area contributed by atoms with E-state index in [0.29, 0.717) is 78.4 Å². The zero-order valence-electron chi connectivity index (χ0n) is 38.8. The molecule has 0 bridgehead atoms. The largest absolute Gasteiger partial charge is 0.308 e. The highest BCUT2D eigenvalue weighted by Crippen LogP contribution is 2.41. The third kappa shape index (κ3) is 7.38. The van der Waals surface area contributed by atoms with Gasteiger partial charge in [-0.25, -0.2) is 15.0 Å². The molecule has 0 aliphatic rings. The number of rotatable bonds is 7. The molecule has 12 aromatic rings. The molecule has 0 amide bonds. The lowest BCUT2D eigenvalue weighted by Gasteiger charge is -2.17. The standard InChI is InChI=1S/C63H31N11/c64-32-38-14-20-57(73-55-12-6-4-10-49(55)51-18-16-45(30-59(51)73)47-24-40(34-66)22-41(25-47)35-67)53(28-38)62-70-61(44-8-2-1-3-9-44)71-63(72-62)54-29-39(33-65)15-21-58(54)74-56-13-7-5-11-50(56)52-19-17-46(31-60(52)74)48-26-42(36-68)23-43(27-48)37-69/h1-31H. The fourth-order valence-electron chi connectivity index (χ4n) is 9.96. The van der Waals surface area contributed by atoms with E-state index < -0.39 is 0 Å². The van der Waals surface area contributed by atoms with Crippen LogP contribution < -0.4 is 0 Å². The van der Waals surface area contributed by atoms with E-state index >= 15 is 0 Å². The summed E-state index contributed by atoms with van der Waals surface area (Å²) < 4.78 is 4.25. The maximum absolute atomic E-state index is 10.5. The number of fused-ring (bicyclic) bond motifs is 6. The van der Waals surface area contributed by atoms with Crippen molar-refractivity contribution in [1.29, 1.82) is 31.6 Å². The number of nitriles is 6. The van der Waals surface area contributed by atoms with Crippen molar-refractivity contribution in [1.82, 2.24) is 24.1 Å². The summed E-state index contributed by atoms with van der Waals surface area (Å²) in [6.45, 7) is 0. The van der Waals surface area contributed by atoms with Crippen LogP contribution >= 0.6 is 0 Å². The highest BCUT2D eigenvalue weighted by Gasteiger charge is 2.24. The number of hydrogen-bond acceptors (Lipinski definition) is 9. The summed E-state index contributed by atoms with van der Waals surface area (Å²) >= 11 is 0. The van der Waals surface area contributed by atoms with Crippen LogP contribution in [0.25, 0.3) is 111 Å². The quantitative estimate of drug-likeness (QED) is 0.149. The van der Waals surface area contributed by atoms with Crippen LogP contribution in [0.1, 0.15) is 33.4 Å². The molecule has 3 heterocycles. The topological polar surface area (TPSA) is 191 Å². The zero-order chi connectivity index (χ0) is 50.5. The fraction of sp³-hybridized carbons (Fsp3) is 0. The number of aromatic nitrogens is 5. The maximum Gasteiger partial charge on any atom is 0.166 e. The molecule has 74 heavy (non-hydrogen) atoms. The summed E-state index contributed by atoms with van der Waals surface area (Å²) in [6, 6.07) is 72.4. The number of benzene rings is 9. The molecule has 0 atom stereocenters. The first-order valence-corrected chi connectivity index (χ1v) is 23.3. The van der Waals surface area contributed by atoms with E-state index in [1.165, 1.54) is 0 Å². The number of nitrogens with zero attached hydrogens (tertiary/aromatic N) is 11. The average molecular weight is 942 g/mol. The molecule has 12 rings (SSSR count). The van der Waals surface area contributed by atoms with Crippen LogP contribution in [0.4, 0.5) is 0 Å². The van der Waals surface area contributed by atoms with Gasteiger partial charge in [-0.05, 0) is 119 Å². The van der Waals surface area contributed by atoms with E-state index in [1.54, 1.807) is 60.7 Å². The molecular formula is C63H31N11. The van der Waals surface area contributed by atoms with Gasteiger partial charge in [0.15, 0.2) is 17.5 Å². The van der Waals surface area contributed by atoms with Crippen molar-refractivity contribution in [3.05, 3.63) is 221 Å². The first kappa shape index (κ1) is 43.8. The van der Waals surface area contributed by atoms with Gasteiger partial charge < -0.3 is 9.13 Å². The van der Waals surface area contributed by atoms with Crippen LogP contribution in [0, 0.1) is 68.0 Å². The van der Waals surface area contributed by atoms with E-state index in [4.69, 9.17) is 15.0 Å². The number of hydrogen-bond donors (Lipinski definition) is 0. The number of para-hydroxylation sites is 2. The Bertz CT molecular complexity index is 4300. The summed E-state index contributed by atoms with van der Waals surface area (Å²) in [5.41, 5.74) is 11.8. The SMILES string of the molecule is N#Cc1cc(C#N)cc(-c2ccc3c4ccccc4n(-c4ccc(C#N)cc4-c4nc(-c5ccccc5)nc(-c5cc(C#N)ccc5-n5c6ccccc6c6ccc(-c7cc(C#N)cc(C#N)c7)cc65)n4)c3c2)c1. The third-order valence-electron chi connectivity index (χ3n) is 13.3. The van der Waals surface area contributed by atoms with Crippen LogP contribution in [-0.4, -0.2) is 24.1 Å². The summed E-state index contributed by atoms with van der Waals surface area (Å²) in [7, 11) is 0. The molecule has 0 aliphatic carbocycles. The van der Waals surface area contributed by atoms with Gasteiger partial charge in [0.2, 0.25) is 0 Å². The Morgan fingerprint density at radius 3 is 1.07 bits per heavy atom. The first-order chi connectivity index (χ1) is 36.4. The lowest BCUT2D eigenvalue weighted by molar-refractivity contribution is 1.06. The molecule has 11 heteroatoms. The van der Waals surface area contributed by atoms with E-state index in [9.17, 15) is 31.6 Å². The molecule has 9 aromatic carbocycles. The second-order valence-electron chi connectivity index (χ2n) is 17.6. The average Bonchev–Trinajstić information content (AvgIpc) is 3.98. The molecule has 0 N–H and O–H groups in total. The monoisotopic (exact) mass is 941 g/mol. The molecule has 0 aliphatic heterocycles. The Kier molecular flexibility index (Phi) is 10.5. The highest BCUT2D eigenvalue weighted by molar-refractivity contribution is 6.12. The molecule has 3 aromatic heterocycles. The second-order valence-corrected chi connectivity index (χ2v) is 17.6. The molecule has 0 spiro atoms. The Balaban J connectivity index is 1.13. The predicted octanol–water partition coefficient (Wildman–Crippen LogP) is 13.6. The van der Waals surface area contributed by atoms with E-state index in [1.807, 2.05) is 115 Å². The van der Waals surface area contributed by atoms with Crippen molar-refractivity contribution in [3.63, 3.8) is 0 Å². The van der Waals surface area contributed by atoms with Gasteiger partial charge in [-0.1, -0.05) is 91.0 Å². The van der Waals surface area contributed by atoms with Gasteiger partial charge in [-0.3, -0.25) is 0 Å². The normalized spacial score (nSPS) is 10.9. The predicted molar refractivity (Wildman–Crippen MR) is 284 cm³/mol. The van der Waals surface area contributed by atoms with Crippen molar-refractivity contribution in [2.75, 3.05) is 0 Å². The Morgan fingerprint density at radius 2 is 0.649 bits per heavy atom. The van der Waals surface area contributed by atoms with Crippen molar-refractivity contribution in [2.45, 2.75) is 0 Å². The molecule has 11 nitrogen and oxygen atoms in total. The third-order valence-corrected chi connectivity index (χ3v) is 13.3. The molecule has 0 radical (unpaired) electrons. The summed E-state index contributed by atoms with van der Waals surface area (Å²) in [5, 5.41) is 64.3. The maximum atomic E-state index is 10.5. The highest BCUT2D eigenvalue weighted by atomic mass is 15.1. The van der Waals surface area contributed by atoms with E-state index in [2.05, 4.69) is 57.7 Å². The molecule has 0 saturated heterocycles. The van der Waals surface area contributed by atoms with Crippen LogP contribution in [0.15, 0.2) is 188 Å². The van der Waals surface area contributed by atoms with Crippen LogP contribution in [0.5, 0.6) is 0 Å². The molecule has 0 unspecified atom stereocenters. The van der Waals surface area contributed by atoms with E-state index in [-0.39, 0.29) is 11.6 Å². The lowest BCUT2D eigenvalue weighted by atomic mass is 9.99. The molecule has 0 saturated carbocycles. The van der Waals surface area contributed by atoms with Crippen LogP contribution in [-0.2, 0) is 0 Å². The van der Waals surface area contributed by atoms with Gasteiger partial charge in [-0.2, -0.15) is 31.6 Å². The summed E-state index contributed by atoms with van der Waals surface area (Å²) in [4.78, 5) is 15.7. The Morgan fingerprint density at radius 1 is 0.270 bits per heavy atom. The fourth-order valence-corrected chi connectivity index (χ4v) is 9.96. The smallest absolute Gasteiger partial charge is 0.166 e. The van der Waals surface area contributed by atoms with Gasteiger partial charge >= 0.3 is 0 Å². The van der Waals surface area contributed by atoms with Crippen molar-refractivity contribution >= 4 is 43.6 Å². The second kappa shape index (κ2) is 17.8. The Hall–Kier alpha value is -11.5. The minimum absolute atomic E-state index is 0.270. The van der Waals surface area contributed by atoms with Gasteiger partial charge in [0.1, 0.15) is 0 Å². The van der Waals surface area contributed by atoms with E-state index in [0.717, 1.165) is 54.7 Å². The lowest BCUT2D eigenvalue weighted by Crippen LogP contribution is -2.06.